The Kier molecular flexibility index (Phi) is 4.67. The van der Waals surface area contributed by atoms with Crippen molar-refractivity contribution in [1.82, 2.24) is 10.0 Å². The summed E-state index contributed by atoms with van der Waals surface area (Å²) in [7, 11) is -2.08. The molecule has 2 N–H and O–H groups in total. The third-order valence-electron chi connectivity index (χ3n) is 6.08. The van der Waals surface area contributed by atoms with Crippen molar-refractivity contribution >= 4 is 21.7 Å². The quantitative estimate of drug-likeness (QED) is 0.828. The molecule has 1 spiro atoms. The Bertz CT molecular complexity index is 998. The maximum atomic E-state index is 13.0. The minimum Gasteiger partial charge on any atom is -0.331 e. The summed E-state index contributed by atoms with van der Waals surface area (Å²) in [6.45, 7) is 2.63. The van der Waals surface area contributed by atoms with Crippen LogP contribution < -0.4 is 14.9 Å². The largest absolute Gasteiger partial charge is 0.331 e. The Morgan fingerprint density at radius 3 is 2.39 bits per heavy atom. The molecule has 2 amide bonds. The predicted molar refractivity (Wildman–Crippen MR) is 109 cm³/mol. The summed E-state index contributed by atoms with van der Waals surface area (Å²) in [4.78, 5) is 15.1. The molecule has 7 heteroatoms. The molecule has 0 unspecified atom stereocenters. The van der Waals surface area contributed by atoms with E-state index in [1.807, 2.05) is 30.0 Å². The van der Waals surface area contributed by atoms with E-state index < -0.39 is 10.0 Å². The highest BCUT2D eigenvalue weighted by Crippen LogP contribution is 2.52. The zero-order valence-corrected chi connectivity index (χ0v) is 16.9. The molecular weight excluding hydrogens is 374 g/mol. The van der Waals surface area contributed by atoms with Gasteiger partial charge in [-0.15, -0.1) is 0 Å². The molecule has 1 fully saturated rings. The standard InChI is InChI=1S/C21H25N3O3S/c1-15(16-8-10-17(11-9-16)28(26,27)22-2)23-20(25)24-14-21(12-5-13-21)18-6-3-4-7-19(18)24/h3-4,6-11,15,22H,5,12-14H2,1-2H3,(H,23,25)/t15-/m1/s1. The van der Waals surface area contributed by atoms with E-state index in [0.717, 1.165) is 30.6 Å². The van der Waals surface area contributed by atoms with E-state index in [1.54, 1.807) is 24.3 Å². The first-order valence-corrected chi connectivity index (χ1v) is 11.1. The molecule has 2 aromatic carbocycles. The molecule has 0 bridgehead atoms. The number of carbonyl (C=O) groups is 1. The smallest absolute Gasteiger partial charge is 0.322 e. The third kappa shape index (κ3) is 3.08. The first-order chi connectivity index (χ1) is 13.4. The van der Waals surface area contributed by atoms with Crippen LogP contribution in [0.2, 0.25) is 0 Å². The average molecular weight is 400 g/mol. The number of sulfonamides is 1. The minimum atomic E-state index is -3.47. The van der Waals surface area contributed by atoms with Crippen LogP contribution in [-0.4, -0.2) is 28.0 Å². The van der Waals surface area contributed by atoms with Crippen LogP contribution in [0.4, 0.5) is 10.5 Å². The maximum Gasteiger partial charge on any atom is 0.322 e. The van der Waals surface area contributed by atoms with Gasteiger partial charge in [0.2, 0.25) is 10.0 Å². The lowest BCUT2D eigenvalue weighted by atomic mass is 9.66. The van der Waals surface area contributed by atoms with E-state index in [2.05, 4.69) is 16.1 Å². The lowest BCUT2D eigenvalue weighted by Gasteiger charge is -2.39. The molecule has 0 saturated heterocycles. The SMILES string of the molecule is CNS(=O)(=O)c1ccc([C@@H](C)NC(=O)N2CC3(CCC3)c3ccccc32)cc1. The number of hydrogen-bond donors (Lipinski definition) is 2. The van der Waals surface area contributed by atoms with E-state index in [-0.39, 0.29) is 22.4 Å². The van der Waals surface area contributed by atoms with Gasteiger partial charge in [0.25, 0.3) is 0 Å². The van der Waals surface area contributed by atoms with Crippen molar-refractivity contribution in [2.75, 3.05) is 18.5 Å². The van der Waals surface area contributed by atoms with Crippen molar-refractivity contribution in [2.45, 2.75) is 42.5 Å². The van der Waals surface area contributed by atoms with E-state index in [4.69, 9.17) is 0 Å². The number of rotatable bonds is 4. The van der Waals surface area contributed by atoms with Crippen LogP contribution in [0.15, 0.2) is 53.4 Å². The second-order valence-corrected chi connectivity index (χ2v) is 9.57. The summed E-state index contributed by atoms with van der Waals surface area (Å²) in [5, 5.41) is 3.06. The first-order valence-electron chi connectivity index (χ1n) is 9.57. The van der Waals surface area contributed by atoms with Crippen molar-refractivity contribution in [1.29, 1.82) is 0 Å². The highest BCUT2D eigenvalue weighted by atomic mass is 32.2. The number of anilines is 1. The lowest BCUT2D eigenvalue weighted by molar-refractivity contribution is 0.233. The summed E-state index contributed by atoms with van der Waals surface area (Å²) in [5.74, 6) is 0. The van der Waals surface area contributed by atoms with Crippen molar-refractivity contribution in [3.05, 3.63) is 59.7 Å². The molecule has 148 valence electrons. The van der Waals surface area contributed by atoms with Gasteiger partial charge in [0.1, 0.15) is 0 Å². The van der Waals surface area contributed by atoms with Gasteiger partial charge in [0, 0.05) is 17.6 Å². The van der Waals surface area contributed by atoms with Crippen molar-refractivity contribution < 1.29 is 13.2 Å². The van der Waals surface area contributed by atoms with E-state index in [9.17, 15) is 13.2 Å². The van der Waals surface area contributed by atoms with E-state index in [0.29, 0.717) is 0 Å². The molecule has 0 radical (unpaired) electrons. The Morgan fingerprint density at radius 1 is 1.11 bits per heavy atom. The van der Waals surface area contributed by atoms with Crippen molar-refractivity contribution in [3.8, 4) is 0 Å². The second-order valence-electron chi connectivity index (χ2n) is 7.68. The van der Waals surface area contributed by atoms with Gasteiger partial charge in [0.05, 0.1) is 10.9 Å². The summed E-state index contributed by atoms with van der Waals surface area (Å²) in [5.41, 5.74) is 3.27. The predicted octanol–water partition coefficient (Wildman–Crippen LogP) is 3.31. The first kappa shape index (κ1) is 19.0. The molecule has 2 aromatic rings. The lowest BCUT2D eigenvalue weighted by Crippen LogP contribution is -2.45. The van der Waals surface area contributed by atoms with Gasteiger partial charge in [-0.25, -0.2) is 17.9 Å². The summed E-state index contributed by atoms with van der Waals surface area (Å²) < 4.78 is 26.0. The number of amides is 2. The molecule has 4 rings (SSSR count). The summed E-state index contributed by atoms with van der Waals surface area (Å²) in [6.07, 6.45) is 3.47. The summed E-state index contributed by atoms with van der Waals surface area (Å²) >= 11 is 0. The topological polar surface area (TPSA) is 78.5 Å². The van der Waals surface area contributed by atoms with Gasteiger partial charge in [0.15, 0.2) is 0 Å². The number of fused-ring (bicyclic) bond motifs is 2. The van der Waals surface area contributed by atoms with Crippen LogP contribution in [0.25, 0.3) is 0 Å². The number of urea groups is 1. The monoisotopic (exact) mass is 399 g/mol. The molecule has 1 heterocycles. The fraction of sp³-hybridized carbons (Fsp3) is 0.381. The average Bonchev–Trinajstić information content (AvgIpc) is 3.04. The molecule has 1 saturated carbocycles. The number of nitrogens with zero attached hydrogens (tertiary/aromatic N) is 1. The van der Waals surface area contributed by atoms with Gasteiger partial charge in [-0.1, -0.05) is 36.8 Å². The Morgan fingerprint density at radius 2 is 1.79 bits per heavy atom. The molecule has 2 aliphatic rings. The molecule has 0 aromatic heterocycles. The fourth-order valence-electron chi connectivity index (χ4n) is 4.24. The molecule has 1 aliphatic carbocycles. The van der Waals surface area contributed by atoms with E-state index >= 15 is 0 Å². The molecular formula is C21H25N3O3S. The number of nitrogens with one attached hydrogen (secondary N) is 2. The van der Waals surface area contributed by atoms with Crippen LogP contribution in [0.3, 0.4) is 0 Å². The number of para-hydroxylation sites is 1. The zero-order chi connectivity index (χ0) is 19.9. The normalized spacial score (nSPS) is 18.4. The number of benzene rings is 2. The summed E-state index contributed by atoms with van der Waals surface area (Å²) in [6, 6.07) is 14.4. The Labute approximate surface area is 166 Å². The zero-order valence-electron chi connectivity index (χ0n) is 16.1. The Hall–Kier alpha value is -2.38. The number of carbonyl (C=O) groups excluding carboxylic acids is 1. The molecule has 1 atom stereocenters. The van der Waals surface area contributed by atoms with Gasteiger partial charge in [-0.3, -0.25) is 4.90 Å². The minimum absolute atomic E-state index is 0.115. The third-order valence-corrected chi connectivity index (χ3v) is 7.51. The van der Waals surface area contributed by atoms with Gasteiger partial charge in [-0.2, -0.15) is 0 Å². The highest BCUT2D eigenvalue weighted by Gasteiger charge is 2.48. The molecule has 1 aliphatic heterocycles. The molecule has 6 nitrogen and oxygen atoms in total. The van der Waals surface area contributed by atoms with Gasteiger partial charge < -0.3 is 5.32 Å². The Balaban J connectivity index is 1.50. The van der Waals surface area contributed by atoms with E-state index in [1.165, 1.54) is 19.0 Å². The van der Waals surface area contributed by atoms with Crippen molar-refractivity contribution in [3.63, 3.8) is 0 Å². The van der Waals surface area contributed by atoms with Crippen LogP contribution in [0.5, 0.6) is 0 Å². The maximum absolute atomic E-state index is 13.0. The number of hydrogen-bond acceptors (Lipinski definition) is 3. The van der Waals surface area contributed by atoms with Gasteiger partial charge in [-0.05, 0) is 56.1 Å². The highest BCUT2D eigenvalue weighted by molar-refractivity contribution is 7.89. The van der Waals surface area contributed by atoms with Crippen LogP contribution >= 0.6 is 0 Å². The van der Waals surface area contributed by atoms with Crippen molar-refractivity contribution in [2.24, 2.45) is 0 Å². The van der Waals surface area contributed by atoms with Crippen LogP contribution in [-0.2, 0) is 15.4 Å². The van der Waals surface area contributed by atoms with Crippen LogP contribution in [0, 0.1) is 0 Å². The fourth-order valence-corrected chi connectivity index (χ4v) is 4.97. The van der Waals surface area contributed by atoms with Crippen LogP contribution in [0.1, 0.15) is 43.4 Å². The molecule has 28 heavy (non-hydrogen) atoms. The van der Waals surface area contributed by atoms with Gasteiger partial charge >= 0.3 is 6.03 Å². The second kappa shape index (κ2) is 6.90.